The van der Waals surface area contributed by atoms with Crippen molar-refractivity contribution in [3.05, 3.63) is 18.5 Å². The average Bonchev–Trinajstić information content (AvgIpc) is 2.53. The highest BCUT2D eigenvalue weighted by Gasteiger charge is 2.27. The van der Waals surface area contributed by atoms with Crippen molar-refractivity contribution in [2.24, 2.45) is 5.92 Å². The van der Waals surface area contributed by atoms with E-state index in [-0.39, 0.29) is 17.7 Å². The van der Waals surface area contributed by atoms with Crippen LogP contribution in [0.25, 0.3) is 0 Å². The Labute approximate surface area is 117 Å². The Bertz CT molecular complexity index is 465. The van der Waals surface area contributed by atoms with Crippen LogP contribution in [0, 0.1) is 5.92 Å². The summed E-state index contributed by atoms with van der Waals surface area (Å²) in [5.41, 5.74) is 5.27. The number of aromatic nitrogens is 2. The number of hydrogen-bond donors (Lipinski definition) is 2. The quantitative estimate of drug-likeness (QED) is 0.786. The van der Waals surface area contributed by atoms with E-state index >= 15 is 0 Å². The van der Waals surface area contributed by atoms with Gasteiger partial charge in [0.1, 0.15) is 0 Å². The molecule has 7 nitrogen and oxygen atoms in total. The molecule has 108 valence electrons. The molecule has 2 heterocycles. The van der Waals surface area contributed by atoms with E-state index in [0.717, 1.165) is 19.4 Å². The van der Waals surface area contributed by atoms with Crippen LogP contribution in [0.3, 0.4) is 0 Å². The van der Waals surface area contributed by atoms with E-state index in [1.165, 1.54) is 0 Å². The second-order valence-electron chi connectivity index (χ2n) is 4.72. The van der Waals surface area contributed by atoms with E-state index in [0.29, 0.717) is 18.9 Å². The number of amides is 2. The lowest BCUT2D eigenvalue weighted by molar-refractivity contribution is -0.135. The van der Waals surface area contributed by atoms with Crippen LogP contribution in [-0.4, -0.2) is 39.8 Å². The van der Waals surface area contributed by atoms with Crippen LogP contribution < -0.4 is 10.9 Å². The third kappa shape index (κ3) is 3.66. The van der Waals surface area contributed by atoms with Crippen molar-refractivity contribution in [2.75, 3.05) is 18.5 Å². The topological polar surface area (TPSA) is 87.2 Å². The second kappa shape index (κ2) is 6.83. The van der Waals surface area contributed by atoms with E-state index < -0.39 is 0 Å². The van der Waals surface area contributed by atoms with Crippen LogP contribution in [0.4, 0.5) is 5.95 Å². The molecule has 0 radical (unpaired) electrons. The number of anilines is 1. The normalized spacial score (nSPS) is 18.4. The van der Waals surface area contributed by atoms with Gasteiger partial charge in [-0.25, -0.2) is 9.97 Å². The third-order valence-electron chi connectivity index (χ3n) is 3.31. The molecule has 1 unspecified atom stereocenters. The summed E-state index contributed by atoms with van der Waals surface area (Å²) in [6.45, 7) is 3.06. The van der Waals surface area contributed by atoms with Crippen LogP contribution in [0.1, 0.15) is 26.2 Å². The highest BCUT2D eigenvalue weighted by molar-refractivity contribution is 5.81. The molecule has 2 rings (SSSR count). The van der Waals surface area contributed by atoms with Crippen molar-refractivity contribution in [2.45, 2.75) is 26.2 Å². The van der Waals surface area contributed by atoms with Gasteiger partial charge in [0, 0.05) is 31.9 Å². The van der Waals surface area contributed by atoms with E-state index in [1.807, 2.05) is 6.92 Å². The van der Waals surface area contributed by atoms with Crippen molar-refractivity contribution in [3.8, 4) is 0 Å². The number of carbonyl (C=O) groups is 2. The van der Waals surface area contributed by atoms with E-state index in [4.69, 9.17) is 0 Å². The van der Waals surface area contributed by atoms with Crippen molar-refractivity contribution in [1.29, 1.82) is 0 Å². The molecule has 2 N–H and O–H groups in total. The highest BCUT2D eigenvalue weighted by Crippen LogP contribution is 2.17. The highest BCUT2D eigenvalue weighted by atomic mass is 16.2. The van der Waals surface area contributed by atoms with Gasteiger partial charge in [-0.05, 0) is 18.9 Å². The maximum Gasteiger partial charge on any atom is 0.243 e. The van der Waals surface area contributed by atoms with Gasteiger partial charge < -0.3 is 4.90 Å². The maximum atomic E-state index is 12.1. The summed E-state index contributed by atoms with van der Waals surface area (Å²) in [6, 6.07) is 1.70. The largest absolute Gasteiger partial charge is 0.342 e. The van der Waals surface area contributed by atoms with Crippen molar-refractivity contribution < 1.29 is 9.59 Å². The molecule has 7 heteroatoms. The summed E-state index contributed by atoms with van der Waals surface area (Å²) < 4.78 is 0. The van der Waals surface area contributed by atoms with Crippen LogP contribution >= 0.6 is 0 Å². The van der Waals surface area contributed by atoms with Crippen molar-refractivity contribution in [1.82, 2.24) is 20.3 Å². The molecule has 1 aliphatic heterocycles. The number of hydrazine groups is 1. The average molecular weight is 277 g/mol. The van der Waals surface area contributed by atoms with Crippen molar-refractivity contribution in [3.63, 3.8) is 0 Å². The summed E-state index contributed by atoms with van der Waals surface area (Å²) in [7, 11) is 0. The standard InChI is InChI=1S/C13H19N5O2/c1-2-11(19)18-8-3-5-10(9-18)12(20)16-17-13-14-6-4-7-15-13/h4,6-7,10H,2-3,5,8-9H2,1H3,(H,16,20)(H,14,15,17). The molecule has 20 heavy (non-hydrogen) atoms. The lowest BCUT2D eigenvalue weighted by Gasteiger charge is -2.31. The summed E-state index contributed by atoms with van der Waals surface area (Å²) in [6.07, 6.45) is 5.29. The minimum absolute atomic E-state index is 0.0989. The van der Waals surface area contributed by atoms with Gasteiger partial charge >= 0.3 is 0 Å². The minimum Gasteiger partial charge on any atom is -0.342 e. The number of likely N-dealkylation sites (tertiary alicyclic amines) is 1. The molecule has 2 amide bonds. The first kappa shape index (κ1) is 14.2. The molecule has 0 aliphatic carbocycles. The summed E-state index contributed by atoms with van der Waals surface area (Å²) >= 11 is 0. The SMILES string of the molecule is CCC(=O)N1CCCC(C(=O)NNc2ncccn2)C1. The monoisotopic (exact) mass is 277 g/mol. The Kier molecular flexibility index (Phi) is 4.86. The number of rotatable bonds is 4. The van der Waals surface area contributed by atoms with Gasteiger partial charge in [-0.3, -0.25) is 20.4 Å². The number of nitrogens with one attached hydrogen (secondary N) is 2. The zero-order valence-electron chi connectivity index (χ0n) is 11.5. The van der Waals surface area contributed by atoms with Gasteiger partial charge in [-0.1, -0.05) is 6.92 Å². The lowest BCUT2D eigenvalue weighted by Crippen LogP contribution is -2.46. The summed E-state index contributed by atoms with van der Waals surface area (Å²) in [5.74, 6) is 0.126. The van der Waals surface area contributed by atoms with Gasteiger partial charge in [-0.2, -0.15) is 0 Å². The Balaban J connectivity index is 1.84. The molecule has 1 aromatic heterocycles. The lowest BCUT2D eigenvalue weighted by atomic mass is 9.97. The first-order valence-corrected chi connectivity index (χ1v) is 6.81. The van der Waals surface area contributed by atoms with E-state index in [2.05, 4.69) is 20.8 Å². The second-order valence-corrected chi connectivity index (χ2v) is 4.72. The van der Waals surface area contributed by atoms with Crippen LogP contribution in [-0.2, 0) is 9.59 Å². The minimum atomic E-state index is -0.185. The van der Waals surface area contributed by atoms with Gasteiger partial charge in [0.15, 0.2) is 0 Å². The summed E-state index contributed by atoms with van der Waals surface area (Å²) in [5, 5.41) is 0. The molecule has 1 saturated heterocycles. The first-order chi connectivity index (χ1) is 9.70. The number of nitrogens with zero attached hydrogens (tertiary/aromatic N) is 3. The molecule has 1 atom stereocenters. The Morgan fingerprint density at radius 3 is 2.85 bits per heavy atom. The van der Waals surface area contributed by atoms with Gasteiger partial charge in [-0.15, -0.1) is 0 Å². The molecule has 0 spiro atoms. The molecule has 0 aromatic carbocycles. The fraction of sp³-hybridized carbons (Fsp3) is 0.538. The smallest absolute Gasteiger partial charge is 0.243 e. The van der Waals surface area contributed by atoms with Crippen LogP contribution in [0.5, 0.6) is 0 Å². The van der Waals surface area contributed by atoms with Crippen molar-refractivity contribution >= 4 is 17.8 Å². The predicted octanol–water partition coefficient (Wildman–Crippen LogP) is 0.568. The Hall–Kier alpha value is -2.18. The molecule has 1 fully saturated rings. The fourth-order valence-corrected chi connectivity index (χ4v) is 2.22. The molecular formula is C13H19N5O2. The third-order valence-corrected chi connectivity index (χ3v) is 3.31. The van der Waals surface area contributed by atoms with Crippen LogP contribution in [0.15, 0.2) is 18.5 Å². The van der Waals surface area contributed by atoms with E-state index in [1.54, 1.807) is 23.4 Å². The van der Waals surface area contributed by atoms with E-state index in [9.17, 15) is 9.59 Å². The zero-order valence-corrected chi connectivity index (χ0v) is 11.5. The predicted molar refractivity (Wildman–Crippen MR) is 73.4 cm³/mol. The number of piperidine rings is 1. The molecule has 0 bridgehead atoms. The van der Waals surface area contributed by atoms with Gasteiger partial charge in [0.05, 0.1) is 5.92 Å². The molecular weight excluding hydrogens is 258 g/mol. The Morgan fingerprint density at radius 2 is 2.15 bits per heavy atom. The molecule has 1 aromatic rings. The molecule has 1 aliphatic rings. The first-order valence-electron chi connectivity index (χ1n) is 6.81. The number of carbonyl (C=O) groups excluding carboxylic acids is 2. The maximum absolute atomic E-state index is 12.1. The zero-order chi connectivity index (χ0) is 14.4. The van der Waals surface area contributed by atoms with Gasteiger partial charge in [0.2, 0.25) is 17.8 Å². The fourth-order valence-electron chi connectivity index (χ4n) is 2.22. The van der Waals surface area contributed by atoms with Gasteiger partial charge in [0.25, 0.3) is 0 Å². The van der Waals surface area contributed by atoms with Crippen LogP contribution in [0.2, 0.25) is 0 Å². The molecule has 0 saturated carbocycles. The Morgan fingerprint density at radius 1 is 1.40 bits per heavy atom. The summed E-state index contributed by atoms with van der Waals surface area (Å²) in [4.78, 5) is 33.4. The number of hydrogen-bond acceptors (Lipinski definition) is 5.